The van der Waals surface area contributed by atoms with Crippen molar-refractivity contribution in [3.63, 3.8) is 0 Å². The molecule has 0 aromatic heterocycles. The summed E-state index contributed by atoms with van der Waals surface area (Å²) in [6.07, 6.45) is 7.85. The summed E-state index contributed by atoms with van der Waals surface area (Å²) in [5, 5.41) is 3.73. The first kappa shape index (κ1) is 14.8. The Morgan fingerprint density at radius 1 is 1.25 bits per heavy atom. The second kappa shape index (κ2) is 5.58. The summed E-state index contributed by atoms with van der Waals surface area (Å²) in [6, 6.07) is 0. The molecule has 0 amide bonds. The fraction of sp³-hybridized carbons (Fsp3) is 1.00. The van der Waals surface area contributed by atoms with Crippen LogP contribution in [0.15, 0.2) is 0 Å². The average Bonchev–Trinajstić information content (AvgIpc) is 2.72. The van der Waals surface area contributed by atoms with Crippen LogP contribution in [0, 0.1) is 11.8 Å². The van der Waals surface area contributed by atoms with E-state index in [-0.39, 0.29) is 0 Å². The van der Waals surface area contributed by atoms with Crippen LogP contribution in [0.3, 0.4) is 0 Å². The van der Waals surface area contributed by atoms with Gasteiger partial charge < -0.3 is 5.32 Å². The van der Waals surface area contributed by atoms with Crippen molar-refractivity contribution in [2.45, 2.75) is 57.4 Å². The average molecular weight is 300 g/mol. The quantitative estimate of drug-likeness (QED) is 0.844. The number of sulfonamides is 1. The van der Waals surface area contributed by atoms with Crippen LogP contribution in [0.1, 0.15) is 51.9 Å². The van der Waals surface area contributed by atoms with Crippen LogP contribution in [0.2, 0.25) is 0 Å². The molecule has 3 aliphatic rings. The van der Waals surface area contributed by atoms with Crippen LogP contribution in [0.4, 0.5) is 0 Å². The van der Waals surface area contributed by atoms with E-state index in [0.717, 1.165) is 44.8 Å². The van der Waals surface area contributed by atoms with Crippen LogP contribution in [-0.2, 0) is 10.0 Å². The van der Waals surface area contributed by atoms with Gasteiger partial charge >= 0.3 is 0 Å². The molecule has 1 aliphatic carbocycles. The lowest BCUT2D eigenvalue weighted by atomic mass is 9.60. The minimum Gasteiger partial charge on any atom is -0.311 e. The van der Waals surface area contributed by atoms with E-state index in [1.165, 1.54) is 25.7 Å². The topological polar surface area (TPSA) is 49.4 Å². The van der Waals surface area contributed by atoms with Crippen molar-refractivity contribution in [3.8, 4) is 0 Å². The predicted molar refractivity (Wildman–Crippen MR) is 81.1 cm³/mol. The number of piperidine rings is 1. The van der Waals surface area contributed by atoms with Crippen LogP contribution < -0.4 is 5.32 Å². The van der Waals surface area contributed by atoms with Gasteiger partial charge in [-0.05, 0) is 56.9 Å². The molecule has 1 saturated carbocycles. The van der Waals surface area contributed by atoms with Crippen molar-refractivity contribution in [1.29, 1.82) is 0 Å². The van der Waals surface area contributed by atoms with E-state index >= 15 is 0 Å². The summed E-state index contributed by atoms with van der Waals surface area (Å²) in [5.74, 6) is 1.68. The summed E-state index contributed by atoms with van der Waals surface area (Å²) in [7, 11) is -3.02. The molecule has 116 valence electrons. The molecule has 3 unspecified atom stereocenters. The maximum atomic E-state index is 12.4. The van der Waals surface area contributed by atoms with E-state index in [4.69, 9.17) is 0 Å². The van der Waals surface area contributed by atoms with Gasteiger partial charge in [-0.2, -0.15) is 0 Å². The van der Waals surface area contributed by atoms with Gasteiger partial charge in [-0.15, -0.1) is 0 Å². The van der Waals surface area contributed by atoms with Gasteiger partial charge in [0.05, 0.1) is 5.75 Å². The molecule has 3 atom stereocenters. The molecule has 1 N–H and O–H groups in total. The SMILES string of the molecule is CCCCS(=O)(=O)N1CCCC(C23CCC2CCN3)C1. The fourth-order valence-electron chi connectivity index (χ4n) is 4.53. The predicted octanol–water partition coefficient (Wildman–Crippen LogP) is 1.97. The van der Waals surface area contributed by atoms with Crippen molar-refractivity contribution in [1.82, 2.24) is 9.62 Å². The minimum absolute atomic E-state index is 0.291. The summed E-state index contributed by atoms with van der Waals surface area (Å²) in [5.41, 5.74) is 0.291. The van der Waals surface area contributed by atoms with Crippen LogP contribution >= 0.6 is 0 Å². The fourth-order valence-corrected chi connectivity index (χ4v) is 6.25. The molecule has 0 spiro atoms. The van der Waals surface area contributed by atoms with Crippen molar-refractivity contribution >= 4 is 10.0 Å². The number of nitrogens with one attached hydrogen (secondary N) is 1. The molecule has 5 heteroatoms. The maximum absolute atomic E-state index is 12.4. The second-order valence-electron chi connectivity index (χ2n) is 6.86. The van der Waals surface area contributed by atoms with Crippen molar-refractivity contribution < 1.29 is 8.42 Å². The Morgan fingerprint density at radius 2 is 2.10 bits per heavy atom. The van der Waals surface area contributed by atoms with E-state index in [1.54, 1.807) is 4.31 Å². The summed E-state index contributed by atoms with van der Waals surface area (Å²) >= 11 is 0. The molecule has 2 aliphatic heterocycles. The summed E-state index contributed by atoms with van der Waals surface area (Å²) in [4.78, 5) is 0. The number of hydrogen-bond donors (Lipinski definition) is 1. The largest absolute Gasteiger partial charge is 0.311 e. The van der Waals surface area contributed by atoms with Crippen molar-refractivity contribution in [3.05, 3.63) is 0 Å². The van der Waals surface area contributed by atoms with Crippen LogP contribution in [0.25, 0.3) is 0 Å². The lowest BCUT2D eigenvalue weighted by Gasteiger charge is -2.53. The maximum Gasteiger partial charge on any atom is 0.214 e. The molecule has 0 radical (unpaired) electrons. The lowest BCUT2D eigenvalue weighted by molar-refractivity contribution is 0.0353. The molecular formula is C15H28N2O2S. The Kier molecular flexibility index (Phi) is 4.13. The van der Waals surface area contributed by atoms with Crippen LogP contribution in [0.5, 0.6) is 0 Å². The minimum atomic E-state index is -3.02. The zero-order valence-electron chi connectivity index (χ0n) is 12.6. The Morgan fingerprint density at radius 3 is 2.75 bits per heavy atom. The molecule has 0 aromatic carbocycles. The third kappa shape index (κ3) is 2.42. The Hall–Kier alpha value is -0.130. The Balaban J connectivity index is 1.68. The number of hydrogen-bond acceptors (Lipinski definition) is 3. The third-order valence-corrected chi connectivity index (χ3v) is 7.77. The van der Waals surface area contributed by atoms with Gasteiger partial charge in [-0.25, -0.2) is 12.7 Å². The van der Waals surface area contributed by atoms with Crippen LogP contribution in [-0.4, -0.2) is 43.6 Å². The van der Waals surface area contributed by atoms with Gasteiger partial charge in [-0.1, -0.05) is 13.3 Å². The molecule has 0 aromatic rings. The van der Waals surface area contributed by atoms with Gasteiger partial charge in [0.25, 0.3) is 0 Å². The molecule has 3 rings (SSSR count). The zero-order chi connectivity index (χ0) is 14.2. The molecule has 2 saturated heterocycles. The first-order chi connectivity index (χ1) is 9.58. The van der Waals surface area contributed by atoms with E-state index < -0.39 is 10.0 Å². The first-order valence-electron chi connectivity index (χ1n) is 8.31. The van der Waals surface area contributed by atoms with Gasteiger partial charge in [-0.3, -0.25) is 0 Å². The Bertz CT molecular complexity index is 451. The number of rotatable bonds is 5. The normalized spacial score (nSPS) is 38.5. The molecule has 20 heavy (non-hydrogen) atoms. The molecule has 3 fully saturated rings. The number of unbranched alkanes of at least 4 members (excludes halogenated alkanes) is 1. The highest BCUT2D eigenvalue weighted by molar-refractivity contribution is 7.89. The zero-order valence-corrected chi connectivity index (χ0v) is 13.4. The third-order valence-electron chi connectivity index (χ3n) is 5.84. The van der Waals surface area contributed by atoms with E-state index in [2.05, 4.69) is 12.2 Å². The molecular weight excluding hydrogens is 272 g/mol. The summed E-state index contributed by atoms with van der Waals surface area (Å²) < 4.78 is 26.6. The lowest BCUT2D eigenvalue weighted by Crippen LogP contribution is -2.61. The van der Waals surface area contributed by atoms with E-state index in [0.29, 0.717) is 17.2 Å². The summed E-state index contributed by atoms with van der Waals surface area (Å²) in [6.45, 7) is 4.68. The number of fused-ring (bicyclic) bond motifs is 1. The molecule has 2 heterocycles. The highest BCUT2D eigenvalue weighted by atomic mass is 32.2. The standard InChI is InChI=1S/C15H28N2O2S/c1-2-3-11-20(18,19)17-10-4-5-14(12-17)15-8-6-13(15)7-9-16-15/h13-14,16H,2-12H2,1H3. The Labute approximate surface area is 123 Å². The smallest absolute Gasteiger partial charge is 0.214 e. The number of nitrogens with zero attached hydrogens (tertiary/aromatic N) is 1. The molecule has 0 bridgehead atoms. The second-order valence-corrected chi connectivity index (χ2v) is 8.95. The van der Waals surface area contributed by atoms with Gasteiger partial charge in [0.15, 0.2) is 0 Å². The van der Waals surface area contributed by atoms with Gasteiger partial charge in [0.2, 0.25) is 10.0 Å². The van der Waals surface area contributed by atoms with E-state index in [1.807, 2.05) is 0 Å². The highest BCUT2D eigenvalue weighted by Crippen LogP contribution is 2.51. The van der Waals surface area contributed by atoms with Crippen molar-refractivity contribution in [2.75, 3.05) is 25.4 Å². The van der Waals surface area contributed by atoms with Gasteiger partial charge in [0, 0.05) is 18.6 Å². The highest BCUT2D eigenvalue weighted by Gasteiger charge is 2.55. The van der Waals surface area contributed by atoms with Crippen molar-refractivity contribution in [2.24, 2.45) is 11.8 Å². The molecule has 4 nitrogen and oxygen atoms in total. The van der Waals surface area contributed by atoms with E-state index in [9.17, 15) is 8.42 Å². The first-order valence-corrected chi connectivity index (χ1v) is 9.92. The monoisotopic (exact) mass is 300 g/mol. The van der Waals surface area contributed by atoms with Gasteiger partial charge in [0.1, 0.15) is 0 Å².